The molecule has 0 bridgehead atoms. The molecule has 3 amide bonds. The van der Waals surface area contributed by atoms with Gasteiger partial charge in [-0.25, -0.2) is 0 Å². The van der Waals surface area contributed by atoms with Crippen molar-refractivity contribution >= 4 is 17.2 Å². The standard InChI is InChI=1S/C8H14BIN4O2/c1-13-5-4-6(2-3-7(11)15)10-9-14-8(12)16/h2,4-5,13H,3H2,1H3,(H2,11,15)(H3,12,14,16)/q-1/b5-4-,6-2+. The Morgan fingerprint density at radius 1 is 1.44 bits per heavy atom. The van der Waals surface area contributed by atoms with E-state index in [2.05, 4.69) is 10.5 Å². The molecule has 0 aliphatic rings. The van der Waals surface area contributed by atoms with Crippen LogP contribution in [0.4, 0.5) is 4.79 Å². The van der Waals surface area contributed by atoms with Crippen LogP contribution >= 0.6 is 0 Å². The van der Waals surface area contributed by atoms with Crippen LogP contribution in [-0.2, 0) is 4.79 Å². The van der Waals surface area contributed by atoms with Gasteiger partial charge in [-0.15, -0.1) is 0 Å². The third kappa shape index (κ3) is 9.37. The first-order valence-electron chi connectivity index (χ1n) is 4.39. The quantitative estimate of drug-likeness (QED) is 0.215. The predicted octanol–water partition coefficient (Wildman–Crippen LogP) is -4.23. The summed E-state index contributed by atoms with van der Waals surface area (Å²) >= 11 is -0.530. The van der Waals surface area contributed by atoms with Gasteiger partial charge in [-0.3, -0.25) is 0 Å². The summed E-state index contributed by atoms with van der Waals surface area (Å²) in [7, 11) is 1.77. The normalized spacial score (nSPS) is 11.4. The second-order valence-electron chi connectivity index (χ2n) is 2.61. The second kappa shape index (κ2) is 9.07. The van der Waals surface area contributed by atoms with E-state index in [1.807, 2.05) is 6.08 Å². The van der Waals surface area contributed by atoms with Crippen molar-refractivity contribution in [2.75, 3.05) is 7.05 Å². The van der Waals surface area contributed by atoms with Gasteiger partial charge < -0.3 is 0 Å². The molecule has 0 unspecified atom stereocenters. The molecule has 0 saturated carbocycles. The van der Waals surface area contributed by atoms with E-state index >= 15 is 0 Å². The first kappa shape index (κ1) is 14.8. The Morgan fingerprint density at radius 3 is 2.62 bits per heavy atom. The third-order valence-electron chi connectivity index (χ3n) is 1.28. The summed E-state index contributed by atoms with van der Waals surface area (Å²) in [5, 5.41) is 6.85. The fraction of sp³-hybridized carbons (Fsp3) is 0.250. The van der Waals surface area contributed by atoms with Crippen LogP contribution in [0.15, 0.2) is 21.9 Å². The first-order chi connectivity index (χ1) is 7.56. The van der Waals surface area contributed by atoms with Gasteiger partial charge in [0.1, 0.15) is 0 Å². The molecule has 0 fully saturated rings. The molecule has 6 N–H and O–H groups in total. The molecule has 0 aliphatic heterocycles. The van der Waals surface area contributed by atoms with Crippen LogP contribution in [0.25, 0.3) is 0 Å². The summed E-state index contributed by atoms with van der Waals surface area (Å²) in [5.74, 6) is -0.387. The first-order valence-corrected chi connectivity index (χ1v) is 6.72. The van der Waals surface area contributed by atoms with Gasteiger partial charge in [-0.1, -0.05) is 0 Å². The number of amides is 3. The molecule has 6 nitrogen and oxygen atoms in total. The number of nitrogens with one attached hydrogen (secondary N) is 2. The van der Waals surface area contributed by atoms with E-state index < -0.39 is 27.0 Å². The number of rotatable bonds is 7. The fourth-order valence-electron chi connectivity index (χ4n) is 0.654. The summed E-state index contributed by atoms with van der Waals surface area (Å²) < 4.78 is 0.959. The molecule has 0 aromatic heterocycles. The zero-order valence-electron chi connectivity index (χ0n) is 8.87. The molecule has 1 radical (unpaired) electrons. The van der Waals surface area contributed by atoms with E-state index in [4.69, 9.17) is 11.5 Å². The molecular weight excluding hydrogens is 322 g/mol. The Kier molecular flexibility index (Phi) is 8.40. The van der Waals surface area contributed by atoms with Crippen LogP contribution in [-0.4, -0.2) is 24.3 Å². The molecule has 0 aliphatic carbocycles. The predicted molar refractivity (Wildman–Crippen MR) is 58.6 cm³/mol. The Bertz CT molecular complexity index is 306. The average molecular weight is 336 g/mol. The summed E-state index contributed by atoms with van der Waals surface area (Å²) in [5.41, 5.74) is 9.95. The second-order valence-corrected chi connectivity index (χ2v) is 5.10. The van der Waals surface area contributed by atoms with Crippen molar-refractivity contribution in [1.29, 1.82) is 0 Å². The summed E-state index contributed by atoms with van der Waals surface area (Å²) in [6.45, 7) is 0. The molecule has 0 aromatic rings. The average Bonchev–Trinajstić information content (AvgIpc) is 2.20. The zero-order valence-corrected chi connectivity index (χ0v) is 11.0. The Hall–Kier alpha value is -1.19. The summed E-state index contributed by atoms with van der Waals surface area (Å²) in [6, 6.07) is -0.591. The Morgan fingerprint density at radius 2 is 2.12 bits per heavy atom. The van der Waals surface area contributed by atoms with Crippen molar-refractivity contribution in [2.45, 2.75) is 6.42 Å². The van der Waals surface area contributed by atoms with Crippen LogP contribution < -0.4 is 43.0 Å². The number of carbonyl (C=O) groups excluding carboxylic acids is 2. The summed E-state index contributed by atoms with van der Waals surface area (Å²) in [6.07, 6.45) is 5.50. The molecule has 0 rings (SSSR count). The molecule has 16 heavy (non-hydrogen) atoms. The van der Waals surface area contributed by atoms with Gasteiger partial charge in [-0.05, 0) is 0 Å². The Labute approximate surface area is 105 Å². The van der Waals surface area contributed by atoms with Crippen molar-refractivity contribution in [3.8, 4) is 0 Å². The van der Waals surface area contributed by atoms with Crippen LogP contribution in [0.2, 0.25) is 0 Å². The number of hydrogen-bond donors (Lipinski definition) is 4. The van der Waals surface area contributed by atoms with Crippen molar-refractivity contribution in [3.63, 3.8) is 0 Å². The number of halogens is 1. The fourth-order valence-corrected chi connectivity index (χ4v) is 2.34. The SMILES string of the molecule is CN/C=C\C(=C/CC(N)=O)[I-][B]NC(N)=O. The number of carbonyl (C=O) groups is 2. The van der Waals surface area contributed by atoms with Crippen LogP contribution in [0.3, 0.4) is 0 Å². The van der Waals surface area contributed by atoms with Crippen molar-refractivity contribution < 1.29 is 30.6 Å². The van der Waals surface area contributed by atoms with Crippen LogP contribution in [0, 0.1) is 0 Å². The van der Waals surface area contributed by atoms with Crippen LogP contribution in [0.5, 0.6) is 0 Å². The topological polar surface area (TPSA) is 110 Å². The van der Waals surface area contributed by atoms with E-state index in [9.17, 15) is 9.59 Å². The minimum atomic E-state index is -0.591. The van der Waals surface area contributed by atoms with E-state index in [-0.39, 0.29) is 12.3 Å². The van der Waals surface area contributed by atoms with Gasteiger partial charge in [-0.2, -0.15) is 0 Å². The van der Waals surface area contributed by atoms with E-state index in [1.54, 1.807) is 24.6 Å². The molecule has 0 saturated heterocycles. The monoisotopic (exact) mass is 336 g/mol. The Balaban J connectivity index is 4.20. The zero-order chi connectivity index (χ0) is 12.4. The number of allylic oxidation sites excluding steroid dienone is 2. The number of urea groups is 1. The van der Waals surface area contributed by atoms with E-state index in [1.165, 1.54) is 0 Å². The number of primary amides is 2. The summed E-state index contributed by atoms with van der Waals surface area (Å²) in [4.78, 5) is 21.0. The third-order valence-corrected chi connectivity index (χ3v) is 3.43. The maximum atomic E-state index is 10.6. The molecule has 0 spiro atoms. The van der Waals surface area contributed by atoms with Crippen molar-refractivity contribution in [3.05, 3.63) is 21.9 Å². The number of hydrogen-bond acceptors (Lipinski definition) is 3. The minimum absolute atomic E-state index is 0.188. The van der Waals surface area contributed by atoms with E-state index in [0.29, 0.717) is 0 Å². The van der Waals surface area contributed by atoms with Gasteiger partial charge in [0.15, 0.2) is 0 Å². The van der Waals surface area contributed by atoms with Crippen molar-refractivity contribution in [1.82, 2.24) is 10.5 Å². The maximum absolute atomic E-state index is 10.6. The van der Waals surface area contributed by atoms with Gasteiger partial charge in [0, 0.05) is 0 Å². The molecular formula is C8H14BIN4O2-. The van der Waals surface area contributed by atoms with Crippen LogP contribution in [0.1, 0.15) is 6.42 Å². The molecule has 8 heteroatoms. The van der Waals surface area contributed by atoms with Gasteiger partial charge in [0.25, 0.3) is 0 Å². The molecule has 0 heterocycles. The molecule has 89 valence electrons. The van der Waals surface area contributed by atoms with Gasteiger partial charge >= 0.3 is 105 Å². The molecule has 0 atom stereocenters. The molecule has 0 aromatic carbocycles. The number of nitrogens with two attached hydrogens (primary N) is 2. The van der Waals surface area contributed by atoms with E-state index in [0.717, 1.165) is 3.58 Å². The van der Waals surface area contributed by atoms with Crippen molar-refractivity contribution in [2.24, 2.45) is 11.5 Å². The van der Waals surface area contributed by atoms with Gasteiger partial charge in [0.05, 0.1) is 0 Å². The van der Waals surface area contributed by atoms with Gasteiger partial charge in [0.2, 0.25) is 0 Å².